The second-order valence-electron chi connectivity index (χ2n) is 4.52. The smallest absolute Gasteiger partial charge is 0.126 e. The van der Waals surface area contributed by atoms with Crippen molar-refractivity contribution >= 4 is 11.6 Å². The predicted molar refractivity (Wildman–Crippen MR) is 64.1 cm³/mol. The molecule has 0 unspecified atom stereocenters. The molecule has 16 heavy (non-hydrogen) atoms. The summed E-state index contributed by atoms with van der Waals surface area (Å²) in [6.07, 6.45) is 2.82. The summed E-state index contributed by atoms with van der Waals surface area (Å²) < 4.78 is 13.3. The van der Waals surface area contributed by atoms with E-state index in [4.69, 9.17) is 17.3 Å². The van der Waals surface area contributed by atoms with Crippen molar-refractivity contribution in [1.29, 1.82) is 0 Å². The molecule has 0 spiro atoms. The number of nitrogens with one attached hydrogen (secondary N) is 1. The molecule has 0 bridgehead atoms. The molecule has 3 N–H and O–H groups in total. The molecule has 4 heteroatoms. The average molecular weight is 243 g/mol. The summed E-state index contributed by atoms with van der Waals surface area (Å²) in [7, 11) is 0. The van der Waals surface area contributed by atoms with E-state index in [2.05, 4.69) is 5.32 Å². The Balaban J connectivity index is 1.78. The number of nitrogens with two attached hydrogens (primary N) is 1. The minimum atomic E-state index is -0.194. The lowest BCUT2D eigenvalue weighted by molar-refractivity contribution is 0.559. The third kappa shape index (κ3) is 3.17. The third-order valence-electron chi connectivity index (χ3n) is 2.95. The van der Waals surface area contributed by atoms with Crippen molar-refractivity contribution in [2.24, 2.45) is 5.73 Å². The zero-order valence-corrected chi connectivity index (χ0v) is 9.86. The summed E-state index contributed by atoms with van der Waals surface area (Å²) in [6, 6.07) is 4.64. The van der Waals surface area contributed by atoms with Gasteiger partial charge in [0.1, 0.15) is 5.82 Å². The SMILES string of the molecule is NC1(CNCCc2cc(Cl)ccc2F)CC1. The number of halogens is 2. The van der Waals surface area contributed by atoms with E-state index >= 15 is 0 Å². The molecule has 1 aromatic carbocycles. The number of hydrogen-bond donors (Lipinski definition) is 2. The van der Waals surface area contributed by atoms with Gasteiger partial charge in [-0.15, -0.1) is 0 Å². The summed E-state index contributed by atoms with van der Waals surface area (Å²) in [5, 5.41) is 3.83. The van der Waals surface area contributed by atoms with Gasteiger partial charge in [0.05, 0.1) is 0 Å². The molecule has 88 valence electrons. The highest BCUT2D eigenvalue weighted by molar-refractivity contribution is 6.30. The van der Waals surface area contributed by atoms with Crippen molar-refractivity contribution in [3.8, 4) is 0 Å². The quantitative estimate of drug-likeness (QED) is 0.777. The zero-order valence-electron chi connectivity index (χ0n) is 9.10. The van der Waals surface area contributed by atoms with Crippen LogP contribution in [0.2, 0.25) is 5.02 Å². The van der Waals surface area contributed by atoms with Crippen molar-refractivity contribution in [1.82, 2.24) is 5.32 Å². The van der Waals surface area contributed by atoms with Gasteiger partial charge in [-0.25, -0.2) is 4.39 Å². The van der Waals surface area contributed by atoms with E-state index in [0.717, 1.165) is 25.9 Å². The molecule has 1 aromatic rings. The first-order valence-corrected chi connectivity index (χ1v) is 5.90. The molecule has 0 amide bonds. The zero-order chi connectivity index (χ0) is 11.6. The standard InChI is InChI=1S/C12H16ClFN2/c13-10-1-2-11(14)9(7-10)3-6-16-8-12(15)4-5-12/h1-2,7,16H,3-6,8,15H2. The van der Waals surface area contributed by atoms with Crippen LogP contribution >= 0.6 is 11.6 Å². The van der Waals surface area contributed by atoms with E-state index in [9.17, 15) is 4.39 Å². The highest BCUT2D eigenvalue weighted by Crippen LogP contribution is 2.30. The second-order valence-corrected chi connectivity index (χ2v) is 4.96. The fourth-order valence-corrected chi connectivity index (χ4v) is 1.83. The predicted octanol–water partition coefficient (Wildman–Crippen LogP) is 2.10. The van der Waals surface area contributed by atoms with Crippen LogP contribution in [0.5, 0.6) is 0 Å². The Bertz CT molecular complexity index is 377. The van der Waals surface area contributed by atoms with E-state index in [1.165, 1.54) is 6.07 Å². The van der Waals surface area contributed by atoms with Crippen molar-refractivity contribution in [2.75, 3.05) is 13.1 Å². The number of benzene rings is 1. The Kier molecular flexibility index (Phi) is 3.47. The van der Waals surface area contributed by atoms with Gasteiger partial charge in [0.2, 0.25) is 0 Å². The van der Waals surface area contributed by atoms with Gasteiger partial charge < -0.3 is 11.1 Å². The topological polar surface area (TPSA) is 38.0 Å². The molecule has 0 saturated heterocycles. The van der Waals surface area contributed by atoms with Crippen molar-refractivity contribution in [2.45, 2.75) is 24.8 Å². The van der Waals surface area contributed by atoms with E-state index in [-0.39, 0.29) is 11.4 Å². The number of rotatable bonds is 5. The summed E-state index contributed by atoms with van der Waals surface area (Å²) in [5.41, 5.74) is 6.58. The summed E-state index contributed by atoms with van der Waals surface area (Å²) in [4.78, 5) is 0. The maximum absolute atomic E-state index is 13.3. The van der Waals surface area contributed by atoms with Crippen molar-refractivity contribution in [3.05, 3.63) is 34.6 Å². The second kappa shape index (κ2) is 4.70. The van der Waals surface area contributed by atoms with Crippen LogP contribution in [0.3, 0.4) is 0 Å². The van der Waals surface area contributed by atoms with Crippen LogP contribution < -0.4 is 11.1 Å². The van der Waals surface area contributed by atoms with Crippen LogP contribution in [-0.4, -0.2) is 18.6 Å². The molecule has 1 aliphatic carbocycles. The molecular weight excluding hydrogens is 227 g/mol. The van der Waals surface area contributed by atoms with Gasteiger partial charge >= 0.3 is 0 Å². The van der Waals surface area contributed by atoms with Gasteiger partial charge in [-0.3, -0.25) is 0 Å². The normalized spacial score (nSPS) is 17.4. The van der Waals surface area contributed by atoms with Gasteiger partial charge in [-0.1, -0.05) is 11.6 Å². The largest absolute Gasteiger partial charge is 0.324 e. The van der Waals surface area contributed by atoms with Crippen LogP contribution in [-0.2, 0) is 6.42 Å². The molecule has 0 atom stereocenters. The van der Waals surface area contributed by atoms with E-state index in [0.29, 0.717) is 17.0 Å². The summed E-state index contributed by atoms with van der Waals surface area (Å²) in [5.74, 6) is -0.194. The highest BCUT2D eigenvalue weighted by Gasteiger charge is 2.37. The van der Waals surface area contributed by atoms with Crippen LogP contribution in [0, 0.1) is 5.82 Å². The molecule has 2 nitrogen and oxygen atoms in total. The fourth-order valence-electron chi connectivity index (χ4n) is 1.63. The molecule has 2 rings (SSSR count). The van der Waals surface area contributed by atoms with Crippen LogP contribution in [0.1, 0.15) is 18.4 Å². The Morgan fingerprint density at radius 3 is 2.88 bits per heavy atom. The van der Waals surface area contributed by atoms with Crippen LogP contribution in [0.25, 0.3) is 0 Å². The summed E-state index contributed by atoms with van der Waals surface area (Å²) in [6.45, 7) is 1.55. The average Bonchev–Trinajstić information content (AvgIpc) is 2.97. The third-order valence-corrected chi connectivity index (χ3v) is 3.18. The molecule has 1 saturated carbocycles. The van der Waals surface area contributed by atoms with Crippen molar-refractivity contribution < 1.29 is 4.39 Å². The highest BCUT2D eigenvalue weighted by atomic mass is 35.5. The van der Waals surface area contributed by atoms with Gasteiger partial charge in [-0.2, -0.15) is 0 Å². The Morgan fingerprint density at radius 1 is 1.44 bits per heavy atom. The van der Waals surface area contributed by atoms with Gasteiger partial charge in [-0.05, 0) is 49.6 Å². The van der Waals surface area contributed by atoms with Crippen molar-refractivity contribution in [3.63, 3.8) is 0 Å². The molecular formula is C12H16ClFN2. The molecule has 0 aromatic heterocycles. The lowest BCUT2D eigenvalue weighted by atomic mass is 10.1. The van der Waals surface area contributed by atoms with Crippen LogP contribution in [0.4, 0.5) is 4.39 Å². The monoisotopic (exact) mass is 242 g/mol. The molecule has 0 heterocycles. The fraction of sp³-hybridized carbons (Fsp3) is 0.500. The van der Waals surface area contributed by atoms with Gasteiger partial charge in [0, 0.05) is 17.1 Å². The Hall–Kier alpha value is -0.640. The first-order chi connectivity index (χ1) is 7.59. The van der Waals surface area contributed by atoms with Crippen LogP contribution in [0.15, 0.2) is 18.2 Å². The maximum Gasteiger partial charge on any atom is 0.126 e. The van der Waals surface area contributed by atoms with E-state index in [1.807, 2.05) is 0 Å². The molecule has 0 radical (unpaired) electrons. The van der Waals surface area contributed by atoms with Gasteiger partial charge in [0.15, 0.2) is 0 Å². The maximum atomic E-state index is 13.3. The molecule has 1 fully saturated rings. The first-order valence-electron chi connectivity index (χ1n) is 5.53. The number of hydrogen-bond acceptors (Lipinski definition) is 2. The lowest BCUT2D eigenvalue weighted by Crippen LogP contribution is -2.36. The molecule has 1 aliphatic rings. The summed E-state index contributed by atoms with van der Waals surface area (Å²) >= 11 is 5.81. The minimum Gasteiger partial charge on any atom is -0.324 e. The Labute approximate surface area is 100.0 Å². The van der Waals surface area contributed by atoms with E-state index in [1.54, 1.807) is 12.1 Å². The minimum absolute atomic E-state index is 0.00682. The van der Waals surface area contributed by atoms with E-state index < -0.39 is 0 Å². The Morgan fingerprint density at radius 2 is 2.19 bits per heavy atom. The first kappa shape index (κ1) is 11.8. The lowest BCUT2D eigenvalue weighted by Gasteiger charge is -2.10. The molecule has 0 aliphatic heterocycles. The van der Waals surface area contributed by atoms with Gasteiger partial charge in [0.25, 0.3) is 0 Å².